The van der Waals surface area contributed by atoms with Gasteiger partial charge in [0.05, 0.1) is 24.6 Å². The minimum atomic E-state index is -0.340. The van der Waals surface area contributed by atoms with Crippen LogP contribution in [0, 0.1) is 5.82 Å². The molecule has 2 aliphatic rings. The summed E-state index contributed by atoms with van der Waals surface area (Å²) in [6.45, 7) is 4.56. The van der Waals surface area contributed by atoms with Gasteiger partial charge in [-0.05, 0) is 42.5 Å². The van der Waals surface area contributed by atoms with Crippen molar-refractivity contribution in [3.05, 3.63) is 60.5 Å². The Morgan fingerprint density at radius 3 is 2.79 bits per heavy atom. The van der Waals surface area contributed by atoms with Gasteiger partial charge in [-0.15, -0.1) is 0 Å². The summed E-state index contributed by atoms with van der Waals surface area (Å²) in [5, 5.41) is 3.02. The third-order valence-corrected chi connectivity index (χ3v) is 5.68. The van der Waals surface area contributed by atoms with Crippen molar-refractivity contribution < 1.29 is 18.7 Å². The van der Waals surface area contributed by atoms with Gasteiger partial charge in [-0.25, -0.2) is 14.4 Å². The van der Waals surface area contributed by atoms with Crippen LogP contribution in [0.15, 0.2) is 54.7 Å². The number of carbonyl (C=O) groups is 1. The van der Waals surface area contributed by atoms with Crippen LogP contribution < -0.4 is 15.0 Å². The van der Waals surface area contributed by atoms with E-state index in [0.29, 0.717) is 29.6 Å². The van der Waals surface area contributed by atoms with E-state index in [9.17, 15) is 9.18 Å². The van der Waals surface area contributed by atoms with Crippen LogP contribution in [0.4, 0.5) is 21.7 Å². The molecule has 0 unspecified atom stereocenters. The van der Waals surface area contributed by atoms with Gasteiger partial charge in [-0.3, -0.25) is 9.69 Å². The van der Waals surface area contributed by atoms with Crippen molar-refractivity contribution in [2.45, 2.75) is 0 Å². The first-order valence-corrected chi connectivity index (χ1v) is 10.9. The summed E-state index contributed by atoms with van der Waals surface area (Å²) in [7, 11) is 0. The summed E-state index contributed by atoms with van der Waals surface area (Å²) in [5.41, 5.74) is 2.80. The predicted molar refractivity (Wildman–Crippen MR) is 122 cm³/mol. The van der Waals surface area contributed by atoms with Crippen LogP contribution in [0.5, 0.6) is 5.75 Å². The molecule has 3 aromatic rings. The van der Waals surface area contributed by atoms with Gasteiger partial charge in [0.1, 0.15) is 11.6 Å². The molecule has 9 heteroatoms. The number of aromatic nitrogens is 2. The van der Waals surface area contributed by atoms with Gasteiger partial charge < -0.3 is 19.7 Å². The third-order valence-electron chi connectivity index (χ3n) is 5.68. The number of benzene rings is 2. The molecule has 1 amide bonds. The molecule has 33 heavy (non-hydrogen) atoms. The van der Waals surface area contributed by atoms with Crippen molar-refractivity contribution in [1.82, 2.24) is 14.9 Å². The van der Waals surface area contributed by atoms with Crippen LogP contribution >= 0.6 is 0 Å². The Morgan fingerprint density at radius 2 is 1.94 bits per heavy atom. The fourth-order valence-corrected chi connectivity index (χ4v) is 3.95. The average Bonchev–Trinajstić information content (AvgIpc) is 2.84. The number of carbonyl (C=O) groups excluding carboxylic acids is 1. The van der Waals surface area contributed by atoms with Crippen molar-refractivity contribution in [1.29, 1.82) is 0 Å². The molecule has 0 spiro atoms. The molecule has 0 atom stereocenters. The molecular weight excluding hydrogens is 425 g/mol. The maximum absolute atomic E-state index is 13.5. The average molecular weight is 449 g/mol. The quantitative estimate of drug-likeness (QED) is 0.620. The van der Waals surface area contributed by atoms with E-state index < -0.39 is 0 Å². The first-order valence-electron chi connectivity index (χ1n) is 10.9. The van der Waals surface area contributed by atoms with Crippen molar-refractivity contribution in [2.75, 3.05) is 56.2 Å². The van der Waals surface area contributed by atoms with Crippen LogP contribution in [0.25, 0.3) is 11.3 Å². The number of rotatable bonds is 6. The highest BCUT2D eigenvalue weighted by molar-refractivity contribution is 5.98. The molecule has 0 saturated carbocycles. The zero-order valence-electron chi connectivity index (χ0n) is 18.0. The van der Waals surface area contributed by atoms with Gasteiger partial charge in [0.25, 0.3) is 5.91 Å². The van der Waals surface area contributed by atoms with E-state index in [1.54, 1.807) is 29.3 Å². The number of halogens is 1. The van der Waals surface area contributed by atoms with E-state index in [4.69, 9.17) is 9.47 Å². The molecule has 170 valence electrons. The maximum atomic E-state index is 13.5. The van der Waals surface area contributed by atoms with Crippen molar-refractivity contribution in [3.8, 4) is 17.0 Å². The number of nitrogens with one attached hydrogen (secondary N) is 1. The van der Waals surface area contributed by atoms with Gasteiger partial charge >= 0.3 is 0 Å². The summed E-state index contributed by atoms with van der Waals surface area (Å²) in [5.74, 6) is 0.622. The molecule has 8 nitrogen and oxygen atoms in total. The van der Waals surface area contributed by atoms with Gasteiger partial charge in [-0.1, -0.05) is 6.07 Å². The van der Waals surface area contributed by atoms with E-state index in [1.165, 1.54) is 12.1 Å². The number of hydrogen-bond donors (Lipinski definition) is 1. The lowest BCUT2D eigenvalue weighted by Gasteiger charge is -2.33. The van der Waals surface area contributed by atoms with Crippen LogP contribution in [0.3, 0.4) is 0 Å². The molecule has 5 rings (SSSR count). The molecule has 0 bridgehead atoms. The highest BCUT2D eigenvalue weighted by atomic mass is 19.1. The predicted octanol–water partition coefficient (Wildman–Crippen LogP) is 3.08. The Kier molecular flexibility index (Phi) is 6.14. The Labute approximate surface area is 191 Å². The lowest BCUT2D eigenvalue weighted by Crippen LogP contribution is -2.45. The Balaban J connectivity index is 1.38. The van der Waals surface area contributed by atoms with Crippen LogP contribution in [0.2, 0.25) is 0 Å². The van der Waals surface area contributed by atoms with Crippen LogP contribution in [-0.2, 0) is 9.53 Å². The number of hydrogen-bond acceptors (Lipinski definition) is 7. The van der Waals surface area contributed by atoms with Crippen molar-refractivity contribution in [3.63, 3.8) is 0 Å². The largest absolute Gasteiger partial charge is 0.482 e. The third kappa shape index (κ3) is 4.94. The topological polar surface area (TPSA) is 79.8 Å². The summed E-state index contributed by atoms with van der Waals surface area (Å²) in [6, 6.07) is 13.6. The number of morpholine rings is 1. The molecule has 1 N–H and O–H groups in total. The van der Waals surface area contributed by atoms with Crippen molar-refractivity contribution >= 4 is 23.2 Å². The Hall–Kier alpha value is -3.56. The molecule has 0 radical (unpaired) electrons. The van der Waals surface area contributed by atoms with E-state index in [2.05, 4.69) is 20.2 Å². The molecule has 1 aromatic heterocycles. The zero-order chi connectivity index (χ0) is 22.6. The van der Waals surface area contributed by atoms with E-state index in [1.807, 2.05) is 18.2 Å². The van der Waals surface area contributed by atoms with Gasteiger partial charge in [-0.2, -0.15) is 0 Å². The Bertz CT molecular complexity index is 1150. The van der Waals surface area contributed by atoms with Gasteiger partial charge in [0, 0.05) is 43.6 Å². The molecule has 0 aliphatic carbocycles. The summed E-state index contributed by atoms with van der Waals surface area (Å²) >= 11 is 0. The minimum Gasteiger partial charge on any atom is -0.482 e. The number of amides is 1. The lowest BCUT2D eigenvalue weighted by molar-refractivity contribution is -0.121. The second kappa shape index (κ2) is 9.51. The number of anilines is 3. The lowest BCUT2D eigenvalue weighted by atomic mass is 10.1. The molecule has 2 aromatic carbocycles. The first kappa shape index (κ1) is 21.3. The molecule has 1 saturated heterocycles. The fraction of sp³-hybridized carbons (Fsp3) is 0.292. The normalized spacial score (nSPS) is 16.3. The maximum Gasteiger partial charge on any atom is 0.265 e. The molecule has 3 heterocycles. The van der Waals surface area contributed by atoms with E-state index >= 15 is 0 Å². The number of fused-ring (bicyclic) bond motifs is 1. The Morgan fingerprint density at radius 1 is 1.06 bits per heavy atom. The fourth-order valence-electron chi connectivity index (χ4n) is 3.95. The molecular formula is C24H24FN5O3. The monoisotopic (exact) mass is 449 g/mol. The highest BCUT2D eigenvalue weighted by Gasteiger charge is 2.26. The van der Waals surface area contributed by atoms with Crippen LogP contribution in [0.1, 0.15) is 0 Å². The smallest absolute Gasteiger partial charge is 0.265 e. The van der Waals surface area contributed by atoms with Gasteiger partial charge in [0.2, 0.25) is 5.95 Å². The number of ether oxygens (including phenoxy) is 2. The van der Waals surface area contributed by atoms with Crippen LogP contribution in [-0.4, -0.2) is 66.8 Å². The first-order chi connectivity index (χ1) is 16.2. The minimum absolute atomic E-state index is 0.0324. The summed E-state index contributed by atoms with van der Waals surface area (Å²) in [6.07, 6.45) is 1.64. The summed E-state index contributed by atoms with van der Waals surface area (Å²) in [4.78, 5) is 25.5. The molecule has 2 aliphatic heterocycles. The summed E-state index contributed by atoms with van der Waals surface area (Å²) < 4.78 is 24.6. The van der Waals surface area contributed by atoms with E-state index in [-0.39, 0.29) is 18.3 Å². The molecule has 1 fully saturated rings. The van der Waals surface area contributed by atoms with Crippen molar-refractivity contribution in [2.24, 2.45) is 0 Å². The zero-order valence-corrected chi connectivity index (χ0v) is 18.0. The highest BCUT2D eigenvalue weighted by Crippen LogP contribution is 2.35. The second-order valence-corrected chi connectivity index (χ2v) is 7.87. The van der Waals surface area contributed by atoms with E-state index in [0.717, 1.165) is 44.1 Å². The SMILES string of the molecule is O=C1COc2ccc(-c3ccnc(Nc4cccc(F)c4)n3)cc2N1CCN1CCOCC1. The van der Waals surface area contributed by atoms with Gasteiger partial charge in [0.15, 0.2) is 6.61 Å². The second-order valence-electron chi connectivity index (χ2n) is 7.87. The standard InChI is InChI=1S/C24H24FN5O3/c25-18-2-1-3-19(15-18)27-24-26-7-6-20(28-24)17-4-5-22-21(14-17)30(23(31)16-33-22)9-8-29-10-12-32-13-11-29/h1-7,14-15H,8-13,16H2,(H,26,27,28). The number of nitrogens with zero attached hydrogens (tertiary/aromatic N) is 4.